The van der Waals surface area contributed by atoms with Crippen LogP contribution in [0.1, 0.15) is 66.8 Å². The summed E-state index contributed by atoms with van der Waals surface area (Å²) in [5.74, 6) is 0.564. The van der Waals surface area contributed by atoms with Crippen LogP contribution in [0, 0.1) is 83.1 Å². The molecule has 0 spiro atoms. The molecule has 0 aliphatic heterocycles. The molecule has 0 saturated carbocycles. The minimum atomic E-state index is 0. The summed E-state index contributed by atoms with van der Waals surface area (Å²) < 4.78 is 0. The van der Waals surface area contributed by atoms with E-state index in [0.717, 1.165) is 50.1 Å². The van der Waals surface area contributed by atoms with Crippen molar-refractivity contribution in [1.29, 1.82) is 0 Å². The Labute approximate surface area is 217 Å². The Morgan fingerprint density at radius 3 is 0.676 bits per heavy atom. The van der Waals surface area contributed by atoms with Crippen molar-refractivity contribution in [2.24, 2.45) is 0 Å². The summed E-state index contributed by atoms with van der Waals surface area (Å²) in [7, 11) is 0. The molecule has 0 atom stereocenters. The second kappa shape index (κ2) is 12.9. The summed E-state index contributed by atoms with van der Waals surface area (Å²) in [5.41, 5.74) is 12.2. The SMILES string of the molecule is Cc1cc(C)c([O-])c(C)c1C.Cc1cc(C)c([O-])c(C)c1C.Cc1cc(C)c([O-])c(C)c1C.[Al+3]. The molecule has 3 aromatic carbocycles. The smallest absolute Gasteiger partial charge is 0.872 e. The van der Waals surface area contributed by atoms with Gasteiger partial charge in [0.05, 0.1) is 0 Å². The molecule has 0 fully saturated rings. The van der Waals surface area contributed by atoms with E-state index >= 15 is 0 Å². The fourth-order valence-corrected chi connectivity index (χ4v) is 3.78. The van der Waals surface area contributed by atoms with E-state index in [9.17, 15) is 15.3 Å². The Hall–Kier alpha value is -2.41. The van der Waals surface area contributed by atoms with Gasteiger partial charge in [0.1, 0.15) is 0 Å². The Bertz CT molecular complexity index is 936. The van der Waals surface area contributed by atoms with Gasteiger partial charge in [-0.1, -0.05) is 51.6 Å². The van der Waals surface area contributed by atoms with Gasteiger partial charge in [0.25, 0.3) is 0 Å². The Balaban J connectivity index is 0.000000473. The first-order valence-electron chi connectivity index (χ1n) is 11.3. The molecule has 0 aliphatic carbocycles. The summed E-state index contributed by atoms with van der Waals surface area (Å²) in [6.45, 7) is 23.3. The van der Waals surface area contributed by atoms with Gasteiger partial charge in [-0.3, -0.25) is 0 Å². The van der Waals surface area contributed by atoms with Crippen molar-refractivity contribution in [1.82, 2.24) is 0 Å². The van der Waals surface area contributed by atoms with E-state index in [1.165, 1.54) is 16.7 Å². The van der Waals surface area contributed by atoms with Crippen LogP contribution in [0.2, 0.25) is 0 Å². The minimum absolute atomic E-state index is 0. The van der Waals surface area contributed by atoms with Crippen LogP contribution < -0.4 is 15.3 Å². The number of aryl methyl sites for hydroxylation is 6. The molecule has 0 aliphatic rings. The van der Waals surface area contributed by atoms with Crippen LogP contribution in [0.15, 0.2) is 18.2 Å². The van der Waals surface area contributed by atoms with Crippen molar-refractivity contribution < 1.29 is 15.3 Å². The van der Waals surface area contributed by atoms with Gasteiger partial charge in [-0.15, -0.1) is 17.2 Å². The second-order valence-corrected chi connectivity index (χ2v) is 9.27. The third-order valence-corrected chi connectivity index (χ3v) is 6.86. The predicted octanol–water partition coefficient (Wildman–Crippen LogP) is 5.60. The van der Waals surface area contributed by atoms with E-state index in [4.69, 9.17) is 0 Å². The number of rotatable bonds is 0. The largest absolute Gasteiger partial charge is 3.00 e. The molecule has 0 amide bonds. The van der Waals surface area contributed by atoms with E-state index in [2.05, 4.69) is 0 Å². The minimum Gasteiger partial charge on any atom is -0.872 e. The van der Waals surface area contributed by atoms with E-state index in [0.29, 0.717) is 0 Å². The molecule has 0 N–H and O–H groups in total. The number of hydrogen-bond acceptors (Lipinski definition) is 3. The summed E-state index contributed by atoms with van der Waals surface area (Å²) in [6, 6.07) is 5.85. The maximum Gasteiger partial charge on any atom is 3.00 e. The van der Waals surface area contributed by atoms with E-state index in [-0.39, 0.29) is 34.6 Å². The van der Waals surface area contributed by atoms with Gasteiger partial charge in [-0.05, 0) is 116 Å². The molecule has 3 nitrogen and oxygen atoms in total. The standard InChI is InChI=1S/3C10H14O.Al/c3*1-6-5-7(2)10(11)9(4)8(6)3;/h3*5,11H,1-4H3;/q;;;+3/p-3. The molecule has 3 rings (SSSR count). The first-order valence-corrected chi connectivity index (χ1v) is 11.3. The third-order valence-electron chi connectivity index (χ3n) is 6.86. The monoisotopic (exact) mass is 474 g/mol. The zero-order valence-corrected chi connectivity index (χ0v) is 24.2. The van der Waals surface area contributed by atoms with Gasteiger partial charge in [-0.2, -0.15) is 0 Å². The summed E-state index contributed by atoms with van der Waals surface area (Å²) in [5, 5.41) is 34.0. The Kier molecular flexibility index (Phi) is 12.0. The van der Waals surface area contributed by atoms with Gasteiger partial charge < -0.3 is 15.3 Å². The fourth-order valence-electron chi connectivity index (χ4n) is 3.78. The van der Waals surface area contributed by atoms with Gasteiger partial charge >= 0.3 is 17.4 Å². The van der Waals surface area contributed by atoms with Crippen LogP contribution in [0.3, 0.4) is 0 Å². The molecule has 0 radical (unpaired) electrons. The van der Waals surface area contributed by atoms with Crippen LogP contribution >= 0.6 is 0 Å². The average molecular weight is 475 g/mol. The van der Waals surface area contributed by atoms with Crippen LogP contribution in [-0.2, 0) is 0 Å². The molecule has 180 valence electrons. The maximum atomic E-state index is 11.3. The van der Waals surface area contributed by atoms with Gasteiger partial charge in [0.15, 0.2) is 0 Å². The van der Waals surface area contributed by atoms with Gasteiger partial charge in [0.2, 0.25) is 0 Å². The molecule has 4 heteroatoms. The second-order valence-electron chi connectivity index (χ2n) is 9.27. The summed E-state index contributed by atoms with van der Waals surface area (Å²) >= 11 is 0. The van der Waals surface area contributed by atoms with Crippen molar-refractivity contribution in [2.45, 2.75) is 83.1 Å². The van der Waals surface area contributed by atoms with Crippen LogP contribution in [-0.4, -0.2) is 17.4 Å². The Morgan fingerprint density at radius 2 is 0.500 bits per heavy atom. The molecule has 0 bridgehead atoms. The quantitative estimate of drug-likeness (QED) is 0.398. The molecule has 0 saturated heterocycles. The van der Waals surface area contributed by atoms with Crippen LogP contribution in [0.4, 0.5) is 0 Å². The van der Waals surface area contributed by atoms with Crippen molar-refractivity contribution in [2.75, 3.05) is 0 Å². The number of hydrogen-bond donors (Lipinski definition) is 0. The van der Waals surface area contributed by atoms with Crippen LogP contribution in [0.5, 0.6) is 17.2 Å². The molecular formula is C30H39AlO3. The topological polar surface area (TPSA) is 69.2 Å². The summed E-state index contributed by atoms with van der Waals surface area (Å²) in [6.07, 6.45) is 0. The molecule has 34 heavy (non-hydrogen) atoms. The molecule has 0 heterocycles. The molecule has 0 aromatic heterocycles. The maximum absolute atomic E-state index is 11.3. The van der Waals surface area contributed by atoms with Gasteiger partial charge in [-0.25, -0.2) is 0 Å². The zero-order chi connectivity index (χ0) is 25.8. The van der Waals surface area contributed by atoms with Crippen molar-refractivity contribution in [3.05, 3.63) is 85.0 Å². The fraction of sp³-hybridized carbons (Fsp3) is 0.400. The summed E-state index contributed by atoms with van der Waals surface area (Å²) in [4.78, 5) is 0. The molecule has 3 aromatic rings. The van der Waals surface area contributed by atoms with Crippen molar-refractivity contribution in [3.8, 4) is 17.2 Å². The van der Waals surface area contributed by atoms with Gasteiger partial charge in [0, 0.05) is 0 Å². The first-order chi connectivity index (χ1) is 15.1. The molecule has 0 unspecified atom stereocenters. The third kappa shape index (κ3) is 7.29. The van der Waals surface area contributed by atoms with Crippen LogP contribution in [0.25, 0.3) is 0 Å². The number of benzene rings is 3. The van der Waals surface area contributed by atoms with Crippen molar-refractivity contribution >= 4 is 17.4 Å². The normalized spacial score (nSPS) is 9.88. The van der Waals surface area contributed by atoms with E-state index in [1.54, 1.807) is 0 Å². The average Bonchev–Trinajstić information content (AvgIpc) is 2.77. The zero-order valence-electron chi connectivity index (χ0n) is 23.0. The molecular weight excluding hydrogens is 435 g/mol. The van der Waals surface area contributed by atoms with E-state index < -0.39 is 0 Å². The predicted molar refractivity (Wildman–Crippen MR) is 140 cm³/mol. The van der Waals surface area contributed by atoms with E-state index in [1.807, 2.05) is 101 Å². The Morgan fingerprint density at radius 1 is 0.324 bits per heavy atom. The van der Waals surface area contributed by atoms with Crippen molar-refractivity contribution in [3.63, 3.8) is 0 Å². The first kappa shape index (κ1) is 31.6.